The van der Waals surface area contributed by atoms with E-state index in [2.05, 4.69) is 51.6 Å². The lowest BCUT2D eigenvalue weighted by atomic mass is 9.82. The molecule has 1 saturated carbocycles. The molecule has 1 nitrogen and oxygen atoms in total. The molecular formula is C18H19BrFN. The lowest BCUT2D eigenvalue weighted by Gasteiger charge is -2.30. The maximum Gasteiger partial charge on any atom is 0.137 e. The summed E-state index contributed by atoms with van der Waals surface area (Å²) in [5.74, 6) is 0.470. The van der Waals surface area contributed by atoms with E-state index >= 15 is 0 Å². The molecule has 0 bridgehead atoms. The van der Waals surface area contributed by atoms with Crippen molar-refractivity contribution in [3.05, 3.63) is 64.4 Å². The van der Waals surface area contributed by atoms with Crippen molar-refractivity contribution < 1.29 is 4.39 Å². The lowest BCUT2D eigenvalue weighted by Crippen LogP contribution is -2.25. The highest BCUT2D eigenvalue weighted by Crippen LogP contribution is 2.34. The second kappa shape index (κ2) is 6.61. The van der Waals surface area contributed by atoms with E-state index in [1.54, 1.807) is 0 Å². The fourth-order valence-electron chi connectivity index (χ4n) is 3.12. The lowest BCUT2D eigenvalue weighted by molar-refractivity contribution is 0.412. The second-order valence-corrected chi connectivity index (χ2v) is 6.59. The first-order valence-corrected chi connectivity index (χ1v) is 8.28. The first kappa shape index (κ1) is 14.6. The molecule has 1 N–H and O–H groups in total. The third-order valence-electron chi connectivity index (χ3n) is 4.29. The van der Waals surface area contributed by atoms with Crippen LogP contribution in [-0.2, 0) is 0 Å². The van der Waals surface area contributed by atoms with Gasteiger partial charge in [-0.15, -0.1) is 0 Å². The van der Waals surface area contributed by atoms with Crippen molar-refractivity contribution in [2.45, 2.75) is 37.6 Å². The fraction of sp³-hybridized carbons (Fsp3) is 0.333. The summed E-state index contributed by atoms with van der Waals surface area (Å²) in [4.78, 5) is 0. The third kappa shape index (κ3) is 3.65. The van der Waals surface area contributed by atoms with Crippen molar-refractivity contribution in [3.8, 4) is 0 Å². The van der Waals surface area contributed by atoms with Gasteiger partial charge in [0, 0.05) is 11.7 Å². The maximum absolute atomic E-state index is 13.2. The van der Waals surface area contributed by atoms with Crippen molar-refractivity contribution in [1.29, 1.82) is 0 Å². The molecule has 2 aromatic carbocycles. The largest absolute Gasteiger partial charge is 0.382 e. The van der Waals surface area contributed by atoms with Crippen LogP contribution in [0.1, 0.15) is 37.2 Å². The molecule has 21 heavy (non-hydrogen) atoms. The molecule has 2 aromatic rings. The molecule has 3 rings (SSSR count). The van der Waals surface area contributed by atoms with Crippen LogP contribution in [0, 0.1) is 5.82 Å². The number of benzene rings is 2. The first-order chi connectivity index (χ1) is 10.2. The van der Waals surface area contributed by atoms with Crippen molar-refractivity contribution in [3.63, 3.8) is 0 Å². The summed E-state index contributed by atoms with van der Waals surface area (Å²) < 4.78 is 13.8. The van der Waals surface area contributed by atoms with E-state index in [9.17, 15) is 4.39 Å². The molecule has 1 fully saturated rings. The molecule has 1 aliphatic rings. The van der Waals surface area contributed by atoms with Gasteiger partial charge in [-0.25, -0.2) is 4.39 Å². The van der Waals surface area contributed by atoms with Gasteiger partial charge in [0.2, 0.25) is 0 Å². The normalized spacial score (nSPS) is 22.0. The number of hydrogen-bond donors (Lipinski definition) is 1. The number of halogens is 2. The van der Waals surface area contributed by atoms with Gasteiger partial charge in [-0.1, -0.05) is 30.3 Å². The fourth-order valence-corrected chi connectivity index (χ4v) is 3.50. The van der Waals surface area contributed by atoms with E-state index in [0.717, 1.165) is 18.5 Å². The van der Waals surface area contributed by atoms with Gasteiger partial charge < -0.3 is 5.32 Å². The zero-order valence-electron chi connectivity index (χ0n) is 11.9. The molecule has 0 unspecified atom stereocenters. The Morgan fingerprint density at radius 1 is 0.952 bits per heavy atom. The Balaban J connectivity index is 1.57. The minimum atomic E-state index is -0.215. The molecular weight excluding hydrogens is 329 g/mol. The zero-order valence-corrected chi connectivity index (χ0v) is 13.4. The van der Waals surface area contributed by atoms with Crippen molar-refractivity contribution in [2.24, 2.45) is 0 Å². The number of hydrogen-bond acceptors (Lipinski definition) is 1. The van der Waals surface area contributed by atoms with Gasteiger partial charge in [-0.2, -0.15) is 0 Å². The third-order valence-corrected chi connectivity index (χ3v) is 4.90. The average molecular weight is 348 g/mol. The Morgan fingerprint density at radius 3 is 2.33 bits per heavy atom. The van der Waals surface area contributed by atoms with Crippen LogP contribution in [0.25, 0.3) is 0 Å². The van der Waals surface area contributed by atoms with E-state index in [4.69, 9.17) is 0 Å². The Bertz CT molecular complexity index is 591. The van der Waals surface area contributed by atoms with E-state index in [1.807, 2.05) is 12.1 Å². The molecule has 0 aliphatic heterocycles. The summed E-state index contributed by atoms with van der Waals surface area (Å²) in [5, 5.41) is 3.52. The molecule has 3 heteroatoms. The van der Waals surface area contributed by atoms with E-state index < -0.39 is 0 Å². The zero-order chi connectivity index (χ0) is 14.7. The van der Waals surface area contributed by atoms with E-state index in [1.165, 1.54) is 24.5 Å². The Hall–Kier alpha value is -1.35. The van der Waals surface area contributed by atoms with Crippen molar-refractivity contribution in [2.75, 3.05) is 5.32 Å². The van der Waals surface area contributed by atoms with Crippen LogP contribution >= 0.6 is 15.9 Å². The van der Waals surface area contributed by atoms with Crippen LogP contribution < -0.4 is 5.32 Å². The SMILES string of the molecule is Fc1ccc(NC2CCC(c3ccccc3)CC2)cc1Br. The van der Waals surface area contributed by atoms with Crippen LogP contribution in [0.3, 0.4) is 0 Å². The molecule has 0 radical (unpaired) electrons. The summed E-state index contributed by atoms with van der Waals surface area (Å²) in [6.45, 7) is 0. The smallest absolute Gasteiger partial charge is 0.137 e. The number of nitrogens with one attached hydrogen (secondary N) is 1. The number of rotatable bonds is 3. The van der Waals surface area contributed by atoms with Crippen LogP contribution in [0.15, 0.2) is 53.0 Å². The second-order valence-electron chi connectivity index (χ2n) is 5.73. The molecule has 0 aromatic heterocycles. The minimum Gasteiger partial charge on any atom is -0.382 e. The van der Waals surface area contributed by atoms with Gasteiger partial charge in [0.05, 0.1) is 4.47 Å². The van der Waals surface area contributed by atoms with Crippen LogP contribution in [0.4, 0.5) is 10.1 Å². The van der Waals surface area contributed by atoms with E-state index in [-0.39, 0.29) is 5.82 Å². The highest BCUT2D eigenvalue weighted by Gasteiger charge is 2.22. The molecule has 1 aliphatic carbocycles. The Kier molecular flexibility index (Phi) is 4.59. The monoisotopic (exact) mass is 347 g/mol. The molecule has 0 amide bonds. The Morgan fingerprint density at radius 2 is 1.67 bits per heavy atom. The quantitative estimate of drug-likeness (QED) is 0.747. The highest BCUT2D eigenvalue weighted by atomic mass is 79.9. The number of anilines is 1. The highest BCUT2D eigenvalue weighted by molar-refractivity contribution is 9.10. The summed E-state index contributed by atoms with van der Waals surface area (Å²) in [7, 11) is 0. The summed E-state index contributed by atoms with van der Waals surface area (Å²) in [6.07, 6.45) is 4.75. The van der Waals surface area contributed by atoms with Gasteiger partial charge in [-0.3, -0.25) is 0 Å². The molecule has 0 saturated heterocycles. The van der Waals surface area contributed by atoms with Gasteiger partial charge in [0.25, 0.3) is 0 Å². The van der Waals surface area contributed by atoms with Gasteiger partial charge in [0.15, 0.2) is 0 Å². The first-order valence-electron chi connectivity index (χ1n) is 7.49. The predicted octanol–water partition coefficient (Wildman–Crippen LogP) is 5.73. The Labute approximate surface area is 133 Å². The molecule has 0 spiro atoms. The summed E-state index contributed by atoms with van der Waals surface area (Å²) >= 11 is 3.24. The van der Waals surface area contributed by atoms with Crippen molar-refractivity contribution >= 4 is 21.6 Å². The van der Waals surface area contributed by atoms with Gasteiger partial charge >= 0.3 is 0 Å². The standard InChI is InChI=1S/C18H19BrFN/c19-17-12-16(10-11-18(17)20)21-15-8-6-14(7-9-15)13-4-2-1-3-5-13/h1-5,10-12,14-15,21H,6-9H2. The topological polar surface area (TPSA) is 12.0 Å². The van der Waals surface area contributed by atoms with Gasteiger partial charge in [0.1, 0.15) is 5.82 Å². The van der Waals surface area contributed by atoms with Crippen LogP contribution in [0.2, 0.25) is 0 Å². The maximum atomic E-state index is 13.2. The average Bonchev–Trinajstić information content (AvgIpc) is 2.53. The molecule has 0 heterocycles. The van der Waals surface area contributed by atoms with Gasteiger partial charge in [-0.05, 0) is 71.3 Å². The molecule has 110 valence electrons. The van der Waals surface area contributed by atoms with Crippen molar-refractivity contribution in [1.82, 2.24) is 0 Å². The summed E-state index contributed by atoms with van der Waals surface area (Å²) in [5.41, 5.74) is 2.45. The summed E-state index contributed by atoms with van der Waals surface area (Å²) in [6, 6.07) is 16.4. The van der Waals surface area contributed by atoms with Crippen LogP contribution in [-0.4, -0.2) is 6.04 Å². The predicted molar refractivity (Wildman–Crippen MR) is 89.2 cm³/mol. The van der Waals surface area contributed by atoms with Crippen LogP contribution in [0.5, 0.6) is 0 Å². The minimum absolute atomic E-state index is 0.215. The molecule has 0 atom stereocenters. The van der Waals surface area contributed by atoms with E-state index in [0.29, 0.717) is 16.4 Å².